The Morgan fingerprint density at radius 1 is 1.44 bits per heavy atom. The number of nitrogens with zero attached hydrogens (tertiary/aromatic N) is 1. The molecule has 1 saturated heterocycles. The summed E-state index contributed by atoms with van der Waals surface area (Å²) in [7, 11) is 0. The van der Waals surface area contributed by atoms with E-state index in [0.29, 0.717) is 6.54 Å². The van der Waals surface area contributed by atoms with Crippen LogP contribution < -0.4 is 0 Å². The van der Waals surface area contributed by atoms with Crippen LogP contribution in [0.4, 0.5) is 0 Å². The van der Waals surface area contributed by atoms with Crippen molar-refractivity contribution >= 4 is 12.7 Å². The number of rotatable bonds is 2. The summed E-state index contributed by atoms with van der Waals surface area (Å²) in [5, 5.41) is 0. The first kappa shape index (κ1) is 6.26. The van der Waals surface area contributed by atoms with Crippen LogP contribution in [0.15, 0.2) is 0 Å². The zero-order valence-corrected chi connectivity index (χ0v) is 5.12. The summed E-state index contributed by atoms with van der Waals surface area (Å²) >= 11 is 0. The number of hydrogen-bond donors (Lipinski definition) is 0. The van der Waals surface area contributed by atoms with Gasteiger partial charge in [0, 0.05) is 19.0 Å². The van der Waals surface area contributed by atoms with Gasteiger partial charge >= 0.3 is 0 Å². The molecule has 1 fully saturated rings. The van der Waals surface area contributed by atoms with Crippen molar-refractivity contribution in [1.29, 1.82) is 0 Å². The van der Waals surface area contributed by atoms with Crippen molar-refractivity contribution in [2.24, 2.45) is 5.92 Å². The molecular weight excluding hydrogens is 118 g/mol. The third-order valence-corrected chi connectivity index (χ3v) is 1.60. The molecule has 0 saturated carbocycles. The molecule has 0 aromatic rings. The van der Waals surface area contributed by atoms with Gasteiger partial charge in [-0.15, -0.1) is 0 Å². The van der Waals surface area contributed by atoms with Gasteiger partial charge in [0.25, 0.3) is 0 Å². The van der Waals surface area contributed by atoms with E-state index in [1.54, 1.807) is 4.90 Å². The van der Waals surface area contributed by atoms with Gasteiger partial charge in [-0.25, -0.2) is 0 Å². The second-order valence-corrected chi connectivity index (χ2v) is 2.29. The molecule has 1 aliphatic rings. The van der Waals surface area contributed by atoms with Crippen molar-refractivity contribution in [1.82, 2.24) is 4.90 Å². The van der Waals surface area contributed by atoms with Crippen LogP contribution in [0.1, 0.15) is 6.42 Å². The Hall–Kier alpha value is -0.860. The summed E-state index contributed by atoms with van der Waals surface area (Å²) in [5.74, 6) is 0.0928. The molecule has 3 nitrogen and oxygen atoms in total. The number of carbonyl (C=O) groups excluding carboxylic acids is 2. The maximum atomic E-state index is 10.1. The Bertz CT molecular complexity index is 110. The first-order chi connectivity index (χ1) is 4.36. The van der Waals surface area contributed by atoms with Crippen LogP contribution in [-0.2, 0) is 9.59 Å². The lowest BCUT2D eigenvalue weighted by atomic mass is 10.1. The fourth-order valence-corrected chi connectivity index (χ4v) is 1.02. The van der Waals surface area contributed by atoms with Gasteiger partial charge < -0.3 is 9.69 Å². The SMILES string of the molecule is O=CC1CCN(C=O)C1. The molecule has 3 heteroatoms. The van der Waals surface area contributed by atoms with E-state index in [9.17, 15) is 9.59 Å². The van der Waals surface area contributed by atoms with Crippen LogP contribution in [-0.4, -0.2) is 30.7 Å². The highest BCUT2D eigenvalue weighted by Gasteiger charge is 2.19. The minimum atomic E-state index is 0.0928. The standard InChI is InChI=1S/C6H9NO2/c8-4-6-1-2-7(3-6)5-9/h4-6H,1-3H2. The smallest absolute Gasteiger partial charge is 0.209 e. The molecular formula is C6H9NO2. The lowest BCUT2D eigenvalue weighted by Gasteiger charge is -2.04. The van der Waals surface area contributed by atoms with Crippen LogP contribution in [0.5, 0.6) is 0 Å². The Morgan fingerprint density at radius 2 is 2.22 bits per heavy atom. The second-order valence-electron chi connectivity index (χ2n) is 2.29. The summed E-state index contributed by atoms with van der Waals surface area (Å²) < 4.78 is 0. The van der Waals surface area contributed by atoms with Gasteiger partial charge in [0.05, 0.1) is 0 Å². The zero-order valence-electron chi connectivity index (χ0n) is 5.12. The summed E-state index contributed by atoms with van der Waals surface area (Å²) in [6.45, 7) is 1.36. The average Bonchev–Trinajstić information content (AvgIpc) is 2.34. The first-order valence-corrected chi connectivity index (χ1v) is 3.01. The second kappa shape index (κ2) is 2.62. The summed E-state index contributed by atoms with van der Waals surface area (Å²) in [6, 6.07) is 0. The summed E-state index contributed by atoms with van der Waals surface area (Å²) in [6.07, 6.45) is 2.55. The van der Waals surface area contributed by atoms with E-state index < -0.39 is 0 Å². The lowest BCUT2D eigenvalue weighted by Crippen LogP contribution is -2.18. The number of carbonyl (C=O) groups is 2. The Kier molecular flexibility index (Phi) is 1.82. The number of likely N-dealkylation sites (tertiary alicyclic amines) is 1. The lowest BCUT2D eigenvalue weighted by molar-refractivity contribution is -0.117. The molecule has 0 radical (unpaired) electrons. The molecule has 50 valence electrons. The maximum Gasteiger partial charge on any atom is 0.209 e. The quantitative estimate of drug-likeness (QED) is 0.476. The van der Waals surface area contributed by atoms with Gasteiger partial charge in [-0.05, 0) is 6.42 Å². The predicted octanol–water partition coefficient (Wildman–Crippen LogP) is -0.336. The Morgan fingerprint density at radius 3 is 2.56 bits per heavy atom. The molecule has 1 amide bonds. The van der Waals surface area contributed by atoms with E-state index in [2.05, 4.69) is 0 Å². The van der Waals surface area contributed by atoms with Gasteiger partial charge in [-0.3, -0.25) is 4.79 Å². The molecule has 1 unspecified atom stereocenters. The van der Waals surface area contributed by atoms with Crippen molar-refractivity contribution < 1.29 is 9.59 Å². The van der Waals surface area contributed by atoms with Gasteiger partial charge in [0.2, 0.25) is 6.41 Å². The topological polar surface area (TPSA) is 37.4 Å². The third-order valence-electron chi connectivity index (χ3n) is 1.60. The zero-order chi connectivity index (χ0) is 6.69. The van der Waals surface area contributed by atoms with Crippen molar-refractivity contribution in [3.8, 4) is 0 Å². The van der Waals surface area contributed by atoms with Crippen molar-refractivity contribution in [2.45, 2.75) is 6.42 Å². The van der Waals surface area contributed by atoms with Crippen LogP contribution >= 0.6 is 0 Å². The molecule has 1 heterocycles. The van der Waals surface area contributed by atoms with Gasteiger partial charge in [-0.1, -0.05) is 0 Å². The van der Waals surface area contributed by atoms with E-state index >= 15 is 0 Å². The predicted molar refractivity (Wildman–Crippen MR) is 31.8 cm³/mol. The van der Waals surface area contributed by atoms with E-state index in [1.165, 1.54) is 0 Å². The van der Waals surface area contributed by atoms with Gasteiger partial charge in [0.15, 0.2) is 0 Å². The highest BCUT2D eigenvalue weighted by atomic mass is 16.1. The van der Waals surface area contributed by atoms with Crippen molar-refractivity contribution in [3.63, 3.8) is 0 Å². The number of aldehydes is 1. The van der Waals surface area contributed by atoms with Crippen molar-refractivity contribution in [2.75, 3.05) is 13.1 Å². The molecule has 0 spiro atoms. The normalized spacial score (nSPS) is 26.2. The van der Waals surface area contributed by atoms with Gasteiger partial charge in [-0.2, -0.15) is 0 Å². The van der Waals surface area contributed by atoms with E-state index in [1.807, 2.05) is 0 Å². The minimum Gasteiger partial charge on any atom is -0.345 e. The fraction of sp³-hybridized carbons (Fsp3) is 0.667. The largest absolute Gasteiger partial charge is 0.345 e. The van der Waals surface area contributed by atoms with Crippen LogP contribution in [0.3, 0.4) is 0 Å². The monoisotopic (exact) mass is 127 g/mol. The highest BCUT2D eigenvalue weighted by Crippen LogP contribution is 2.10. The number of hydrogen-bond acceptors (Lipinski definition) is 2. The number of amides is 1. The Balaban J connectivity index is 2.36. The summed E-state index contributed by atoms with van der Waals surface area (Å²) in [5.41, 5.74) is 0. The van der Waals surface area contributed by atoms with Crippen molar-refractivity contribution in [3.05, 3.63) is 0 Å². The highest BCUT2D eigenvalue weighted by molar-refractivity contribution is 5.57. The van der Waals surface area contributed by atoms with E-state index in [-0.39, 0.29) is 5.92 Å². The first-order valence-electron chi connectivity index (χ1n) is 3.01. The molecule has 1 atom stereocenters. The molecule has 0 aliphatic carbocycles. The molecule has 0 bridgehead atoms. The molecule has 9 heavy (non-hydrogen) atoms. The third kappa shape index (κ3) is 1.28. The fourth-order valence-electron chi connectivity index (χ4n) is 1.02. The summed E-state index contributed by atoms with van der Waals surface area (Å²) in [4.78, 5) is 21.8. The minimum absolute atomic E-state index is 0.0928. The van der Waals surface area contributed by atoms with Crippen LogP contribution in [0.2, 0.25) is 0 Å². The molecule has 0 N–H and O–H groups in total. The average molecular weight is 127 g/mol. The molecule has 1 aliphatic heterocycles. The molecule has 0 aromatic heterocycles. The van der Waals surface area contributed by atoms with Crippen LogP contribution in [0, 0.1) is 5.92 Å². The van der Waals surface area contributed by atoms with E-state index in [0.717, 1.165) is 25.7 Å². The molecule has 0 aromatic carbocycles. The Labute approximate surface area is 53.6 Å². The van der Waals surface area contributed by atoms with Gasteiger partial charge in [0.1, 0.15) is 6.29 Å². The molecule has 1 rings (SSSR count). The maximum absolute atomic E-state index is 10.1. The van der Waals surface area contributed by atoms with E-state index in [4.69, 9.17) is 0 Å². The van der Waals surface area contributed by atoms with Crippen LogP contribution in [0.25, 0.3) is 0 Å².